The van der Waals surface area contributed by atoms with Crippen molar-refractivity contribution in [3.8, 4) is 0 Å². The van der Waals surface area contributed by atoms with Gasteiger partial charge in [-0.2, -0.15) is 0 Å². The highest BCUT2D eigenvalue weighted by molar-refractivity contribution is 5.69. The summed E-state index contributed by atoms with van der Waals surface area (Å²) in [6, 6.07) is 0. The fourth-order valence-electron chi connectivity index (χ4n) is 0.844. The molecule has 50 valence electrons. The van der Waals surface area contributed by atoms with E-state index in [-0.39, 0.29) is 6.54 Å². The zero-order valence-corrected chi connectivity index (χ0v) is 5.08. The van der Waals surface area contributed by atoms with Gasteiger partial charge in [0.05, 0.1) is 0 Å². The maximum atomic E-state index is 10.1. The van der Waals surface area contributed by atoms with Crippen LogP contribution in [0.1, 0.15) is 6.42 Å². The molecule has 1 aliphatic rings. The Bertz CT molecular complexity index is 142. The molecule has 3 nitrogen and oxygen atoms in total. The molecule has 0 aromatic rings. The van der Waals surface area contributed by atoms with E-state index in [0.29, 0.717) is 0 Å². The molecule has 1 aliphatic heterocycles. The molecule has 0 amide bonds. The fourth-order valence-corrected chi connectivity index (χ4v) is 0.844. The molecule has 1 rings (SSSR count). The van der Waals surface area contributed by atoms with E-state index in [1.54, 1.807) is 4.90 Å². The van der Waals surface area contributed by atoms with Crippen LogP contribution in [0.15, 0.2) is 12.3 Å². The molecule has 0 saturated carbocycles. The van der Waals surface area contributed by atoms with Gasteiger partial charge in [0, 0.05) is 6.54 Å². The summed E-state index contributed by atoms with van der Waals surface area (Å²) in [5, 5.41) is 8.30. The van der Waals surface area contributed by atoms with Gasteiger partial charge in [0.2, 0.25) is 0 Å². The van der Waals surface area contributed by atoms with Crippen molar-refractivity contribution in [3.05, 3.63) is 12.3 Å². The second-order valence-electron chi connectivity index (χ2n) is 2.04. The third-order valence-corrected chi connectivity index (χ3v) is 1.24. The molecule has 0 spiro atoms. The summed E-state index contributed by atoms with van der Waals surface area (Å²) in [6.45, 7) is 0.989. The molecule has 0 unspecified atom stereocenters. The Morgan fingerprint density at radius 1 is 1.78 bits per heavy atom. The Kier molecular flexibility index (Phi) is 1.72. The second kappa shape index (κ2) is 2.53. The van der Waals surface area contributed by atoms with Crippen LogP contribution >= 0.6 is 0 Å². The minimum absolute atomic E-state index is 0.135. The minimum atomic E-state index is -0.762. The molecule has 0 radical (unpaired) electrons. The molecule has 0 atom stereocenters. The quantitative estimate of drug-likeness (QED) is 0.579. The van der Waals surface area contributed by atoms with Crippen LogP contribution in [0.3, 0.4) is 0 Å². The van der Waals surface area contributed by atoms with E-state index in [2.05, 4.69) is 0 Å². The molecule has 0 bridgehead atoms. The van der Waals surface area contributed by atoms with E-state index >= 15 is 0 Å². The number of hydrogen-bond acceptors (Lipinski definition) is 2. The molecular weight excluding hydrogens is 118 g/mol. The standard InChI is InChI=1S/C6H9NO2/c8-6(9)5-7-3-1-2-4-7/h1,3H,2,4-5H2,(H,8,9). The average molecular weight is 127 g/mol. The van der Waals surface area contributed by atoms with Crippen LogP contribution in [0.5, 0.6) is 0 Å². The predicted molar refractivity (Wildman–Crippen MR) is 33.0 cm³/mol. The highest BCUT2D eigenvalue weighted by Gasteiger charge is 2.06. The molecule has 1 heterocycles. The lowest BCUT2D eigenvalue weighted by Crippen LogP contribution is -2.22. The fraction of sp³-hybridized carbons (Fsp3) is 0.500. The summed E-state index contributed by atoms with van der Waals surface area (Å²) in [6.07, 6.45) is 4.78. The third kappa shape index (κ3) is 1.76. The van der Waals surface area contributed by atoms with Crippen LogP contribution in [-0.4, -0.2) is 29.1 Å². The largest absolute Gasteiger partial charge is 0.480 e. The highest BCUT2D eigenvalue weighted by atomic mass is 16.4. The number of nitrogens with zero attached hydrogens (tertiary/aromatic N) is 1. The van der Waals surface area contributed by atoms with E-state index in [1.165, 1.54) is 0 Å². The lowest BCUT2D eigenvalue weighted by molar-refractivity contribution is -0.137. The van der Waals surface area contributed by atoms with Crippen LogP contribution in [0.25, 0.3) is 0 Å². The van der Waals surface area contributed by atoms with E-state index in [0.717, 1.165) is 13.0 Å². The van der Waals surface area contributed by atoms with Crippen molar-refractivity contribution in [1.82, 2.24) is 4.90 Å². The summed E-state index contributed by atoms with van der Waals surface area (Å²) < 4.78 is 0. The summed E-state index contributed by atoms with van der Waals surface area (Å²) in [4.78, 5) is 11.9. The number of carboxylic acids is 1. The minimum Gasteiger partial charge on any atom is -0.480 e. The van der Waals surface area contributed by atoms with E-state index in [1.807, 2.05) is 12.3 Å². The summed E-state index contributed by atoms with van der Waals surface area (Å²) in [7, 11) is 0. The van der Waals surface area contributed by atoms with Gasteiger partial charge in [-0.3, -0.25) is 4.79 Å². The molecular formula is C6H9NO2. The first-order valence-electron chi connectivity index (χ1n) is 2.91. The van der Waals surface area contributed by atoms with Crippen LogP contribution in [0.2, 0.25) is 0 Å². The lowest BCUT2D eigenvalue weighted by Gasteiger charge is -2.10. The molecule has 3 heteroatoms. The Labute approximate surface area is 53.6 Å². The monoisotopic (exact) mass is 127 g/mol. The number of hydrogen-bond donors (Lipinski definition) is 1. The van der Waals surface area contributed by atoms with Crippen molar-refractivity contribution in [2.75, 3.05) is 13.1 Å². The van der Waals surface area contributed by atoms with Gasteiger partial charge < -0.3 is 10.0 Å². The van der Waals surface area contributed by atoms with Crippen molar-refractivity contribution >= 4 is 5.97 Å². The van der Waals surface area contributed by atoms with Crippen molar-refractivity contribution in [3.63, 3.8) is 0 Å². The maximum Gasteiger partial charge on any atom is 0.323 e. The molecule has 9 heavy (non-hydrogen) atoms. The smallest absolute Gasteiger partial charge is 0.323 e. The molecule has 1 N–H and O–H groups in total. The first kappa shape index (κ1) is 6.13. The van der Waals surface area contributed by atoms with Gasteiger partial charge in [-0.05, 0) is 12.6 Å². The van der Waals surface area contributed by atoms with Gasteiger partial charge >= 0.3 is 5.97 Å². The number of carbonyl (C=O) groups is 1. The first-order valence-corrected chi connectivity index (χ1v) is 2.91. The molecule has 0 fully saturated rings. The van der Waals surface area contributed by atoms with E-state index in [4.69, 9.17) is 5.11 Å². The SMILES string of the molecule is O=C(O)CN1C=CCC1. The zero-order chi connectivity index (χ0) is 6.69. The molecule has 0 aromatic carbocycles. The maximum absolute atomic E-state index is 10.1. The number of aliphatic carboxylic acids is 1. The van der Waals surface area contributed by atoms with Crippen LogP contribution in [0, 0.1) is 0 Å². The van der Waals surface area contributed by atoms with Crippen LogP contribution in [-0.2, 0) is 4.79 Å². The summed E-state index contributed by atoms with van der Waals surface area (Å²) in [5.74, 6) is -0.762. The van der Waals surface area contributed by atoms with Gasteiger partial charge in [-0.15, -0.1) is 0 Å². The van der Waals surface area contributed by atoms with Gasteiger partial charge in [-0.1, -0.05) is 6.08 Å². The van der Waals surface area contributed by atoms with Crippen LogP contribution in [0.4, 0.5) is 0 Å². The third-order valence-electron chi connectivity index (χ3n) is 1.24. The first-order chi connectivity index (χ1) is 4.29. The Morgan fingerprint density at radius 2 is 2.56 bits per heavy atom. The van der Waals surface area contributed by atoms with Crippen molar-refractivity contribution < 1.29 is 9.90 Å². The highest BCUT2D eigenvalue weighted by Crippen LogP contribution is 2.01. The molecule has 0 aromatic heterocycles. The van der Waals surface area contributed by atoms with Crippen molar-refractivity contribution in [2.45, 2.75) is 6.42 Å². The van der Waals surface area contributed by atoms with Crippen molar-refractivity contribution in [2.24, 2.45) is 0 Å². The normalized spacial score (nSPS) is 16.7. The molecule has 0 saturated heterocycles. The number of carboxylic acid groups (broad SMARTS) is 1. The average Bonchev–Trinajstić information content (AvgIpc) is 2.15. The Hall–Kier alpha value is -0.990. The number of rotatable bonds is 2. The Morgan fingerprint density at radius 3 is 3.00 bits per heavy atom. The van der Waals surface area contributed by atoms with Crippen molar-refractivity contribution in [1.29, 1.82) is 0 Å². The Balaban J connectivity index is 2.28. The second-order valence-corrected chi connectivity index (χ2v) is 2.04. The molecule has 0 aliphatic carbocycles. The van der Waals surface area contributed by atoms with Gasteiger partial charge in [0.1, 0.15) is 6.54 Å². The topological polar surface area (TPSA) is 40.5 Å². The lowest BCUT2D eigenvalue weighted by atomic mass is 10.5. The van der Waals surface area contributed by atoms with Crippen LogP contribution < -0.4 is 0 Å². The van der Waals surface area contributed by atoms with Gasteiger partial charge in [0.25, 0.3) is 0 Å². The van der Waals surface area contributed by atoms with Gasteiger partial charge in [-0.25, -0.2) is 0 Å². The summed E-state index contributed by atoms with van der Waals surface area (Å²) >= 11 is 0. The predicted octanol–water partition coefficient (Wildman–Crippen LogP) is 0.290. The summed E-state index contributed by atoms with van der Waals surface area (Å²) in [5.41, 5.74) is 0. The van der Waals surface area contributed by atoms with Gasteiger partial charge in [0.15, 0.2) is 0 Å². The zero-order valence-electron chi connectivity index (χ0n) is 5.08. The van der Waals surface area contributed by atoms with E-state index in [9.17, 15) is 4.79 Å². The van der Waals surface area contributed by atoms with E-state index < -0.39 is 5.97 Å².